The van der Waals surface area contributed by atoms with E-state index in [4.69, 9.17) is 47.9 Å². The molecule has 0 atom stereocenters. The number of aryl methyl sites for hydroxylation is 2. The van der Waals surface area contributed by atoms with Gasteiger partial charge in [-0.15, -0.1) is 0 Å². The van der Waals surface area contributed by atoms with Gasteiger partial charge >= 0.3 is 47.8 Å². The Labute approximate surface area is 390 Å². The zero-order valence-electron chi connectivity index (χ0n) is 39.2. The SMILES string of the molecule is COC(=O)CCC1=C(CC(=O)OC)c2cc3nc(cc4[nH]c(cc5[nH]c(cc1n2)c(CC(=O)OC)c5CCC(=O)OC)c(CCC(=O)OC)c4CC(=O)OC)C(CC(=O)OC)=C3CCC(=O)OC. The third-order valence-corrected chi connectivity index (χ3v) is 11.6. The van der Waals surface area contributed by atoms with Gasteiger partial charge in [-0.25, -0.2) is 9.97 Å². The summed E-state index contributed by atoms with van der Waals surface area (Å²) in [5, 5.41) is 0. The highest BCUT2D eigenvalue weighted by molar-refractivity contribution is 6.03. The van der Waals surface area contributed by atoms with Crippen LogP contribution in [-0.4, -0.2) is 125 Å². The number of H-pyrrole nitrogens is 2. The van der Waals surface area contributed by atoms with E-state index in [-0.39, 0.29) is 99.8 Å². The minimum atomic E-state index is -0.637. The van der Waals surface area contributed by atoms with E-state index in [9.17, 15) is 38.4 Å². The minimum Gasteiger partial charge on any atom is -0.469 e. The molecule has 0 saturated carbocycles. The second kappa shape index (κ2) is 23.7. The van der Waals surface area contributed by atoms with E-state index >= 15 is 0 Å². The molecule has 5 heterocycles. The fourth-order valence-electron chi connectivity index (χ4n) is 8.02. The quantitative estimate of drug-likeness (QED) is 0.114. The number of aromatic amines is 2. The second-order valence-electron chi connectivity index (χ2n) is 15.4. The molecule has 2 aliphatic rings. The van der Waals surface area contributed by atoms with E-state index in [1.807, 2.05) is 0 Å². The first kappa shape index (κ1) is 51.3. The first-order valence-corrected chi connectivity index (χ1v) is 21.4. The standard InChI is InChI=1S/C48H54N4O16/c1-61-41(53)13-9-25-29(17-45(57)65-5)37-22-35-27(11-15-43(55)63-3)30(18-46(58)66-6)38(51-35)23-36-28(12-16-44(56)64-4)32(20-48(60)68-8)40(52-36)24-39-31(19-47(59)67-7)26(10-14-42(54)62-2)34(50-39)21-33(25)49-37/h21-24,49-50H,9-20H2,1-8H3. The number of hydrogen-bond donors (Lipinski definition) is 2. The summed E-state index contributed by atoms with van der Waals surface area (Å²) in [5.74, 6) is -4.68. The Kier molecular flexibility index (Phi) is 17.9. The number of nitrogens with one attached hydrogen (secondary N) is 2. The number of carbonyl (C=O) groups excluding carboxylic acids is 8. The third kappa shape index (κ3) is 12.4. The zero-order valence-corrected chi connectivity index (χ0v) is 39.2. The van der Waals surface area contributed by atoms with Crippen molar-refractivity contribution >= 4 is 92.1 Å². The molecular formula is C48H54N4O16. The average Bonchev–Trinajstić information content (AvgIpc) is 4.04. The zero-order chi connectivity index (χ0) is 49.7. The van der Waals surface area contributed by atoms with Crippen LogP contribution in [0.3, 0.4) is 0 Å². The summed E-state index contributed by atoms with van der Waals surface area (Å²) < 4.78 is 40.4. The molecule has 2 aliphatic heterocycles. The summed E-state index contributed by atoms with van der Waals surface area (Å²) in [5.41, 5.74) is 5.90. The predicted molar refractivity (Wildman–Crippen MR) is 243 cm³/mol. The van der Waals surface area contributed by atoms with Gasteiger partial charge in [0, 0.05) is 47.8 Å². The monoisotopic (exact) mass is 942 g/mol. The molecule has 0 amide bonds. The lowest BCUT2D eigenvalue weighted by Gasteiger charge is -2.09. The molecule has 0 spiro atoms. The Hall–Kier alpha value is -7.64. The Balaban J connectivity index is 2.11. The van der Waals surface area contributed by atoms with Crippen LogP contribution < -0.4 is 0 Å². The lowest BCUT2D eigenvalue weighted by molar-refractivity contribution is -0.141. The molecule has 0 unspecified atom stereocenters. The number of hydrogen-bond acceptors (Lipinski definition) is 18. The number of aromatic nitrogens is 4. The van der Waals surface area contributed by atoms with E-state index in [1.54, 1.807) is 24.3 Å². The van der Waals surface area contributed by atoms with E-state index in [2.05, 4.69) is 9.97 Å². The summed E-state index contributed by atoms with van der Waals surface area (Å²) in [7, 11) is 9.91. The normalized spacial score (nSPS) is 12.0. The highest BCUT2D eigenvalue weighted by atomic mass is 16.5. The van der Waals surface area contributed by atoms with Crippen molar-refractivity contribution in [2.24, 2.45) is 0 Å². The van der Waals surface area contributed by atoms with Gasteiger partial charge in [0.05, 0.1) is 105 Å². The van der Waals surface area contributed by atoms with E-state index in [0.717, 1.165) is 0 Å². The Morgan fingerprint density at radius 2 is 0.618 bits per heavy atom. The first-order valence-electron chi connectivity index (χ1n) is 21.4. The number of allylic oxidation sites excluding steroid dienone is 2. The van der Waals surface area contributed by atoms with Gasteiger partial charge in [-0.2, -0.15) is 0 Å². The maximum absolute atomic E-state index is 13.2. The Morgan fingerprint density at radius 1 is 0.338 bits per heavy atom. The lowest BCUT2D eigenvalue weighted by Crippen LogP contribution is -2.08. The van der Waals surface area contributed by atoms with Crippen LogP contribution in [-0.2, 0) is 102 Å². The molecule has 3 aromatic heterocycles. The van der Waals surface area contributed by atoms with Crippen molar-refractivity contribution in [3.63, 3.8) is 0 Å². The first-order chi connectivity index (χ1) is 32.6. The Bertz CT molecular complexity index is 2740. The van der Waals surface area contributed by atoms with Gasteiger partial charge in [-0.1, -0.05) is 0 Å². The number of fused-ring (bicyclic) bond motifs is 8. The number of esters is 8. The molecule has 5 rings (SSSR count). The van der Waals surface area contributed by atoms with E-state index in [0.29, 0.717) is 66.6 Å². The number of nitrogens with zero attached hydrogens (tertiary/aromatic N) is 2. The summed E-state index contributed by atoms with van der Waals surface area (Å²) in [6, 6.07) is 6.57. The van der Waals surface area contributed by atoms with Crippen molar-refractivity contribution in [3.8, 4) is 0 Å². The molecule has 0 fully saturated rings. The molecular weight excluding hydrogens is 889 g/mol. The van der Waals surface area contributed by atoms with Crippen LogP contribution in [0.5, 0.6) is 0 Å². The van der Waals surface area contributed by atoms with Crippen molar-refractivity contribution in [1.29, 1.82) is 0 Å². The van der Waals surface area contributed by atoms with Crippen molar-refractivity contribution in [2.75, 3.05) is 56.9 Å². The van der Waals surface area contributed by atoms with Crippen molar-refractivity contribution in [1.82, 2.24) is 19.9 Å². The molecule has 20 nitrogen and oxygen atoms in total. The van der Waals surface area contributed by atoms with Crippen LogP contribution in [0.1, 0.15) is 96.4 Å². The van der Waals surface area contributed by atoms with Gasteiger partial charge < -0.3 is 47.9 Å². The topological polar surface area (TPSA) is 268 Å². The molecule has 8 bridgehead atoms. The van der Waals surface area contributed by atoms with Gasteiger partial charge in [0.1, 0.15) is 0 Å². The maximum Gasteiger partial charge on any atom is 0.310 e. The van der Waals surface area contributed by atoms with Gasteiger partial charge in [0.2, 0.25) is 0 Å². The number of carbonyl (C=O) groups is 8. The number of ether oxygens (including phenoxy) is 8. The molecule has 0 radical (unpaired) electrons. The largest absolute Gasteiger partial charge is 0.469 e. The van der Waals surface area contributed by atoms with E-state index < -0.39 is 47.8 Å². The molecule has 3 aromatic rings. The number of methoxy groups -OCH3 is 8. The summed E-state index contributed by atoms with van der Waals surface area (Å²) in [4.78, 5) is 120. The van der Waals surface area contributed by atoms with Crippen molar-refractivity contribution < 1.29 is 76.3 Å². The van der Waals surface area contributed by atoms with Gasteiger partial charge in [-0.3, -0.25) is 38.4 Å². The van der Waals surface area contributed by atoms with Crippen LogP contribution in [0.25, 0.3) is 44.4 Å². The fourth-order valence-corrected chi connectivity index (χ4v) is 8.02. The summed E-state index contributed by atoms with van der Waals surface area (Å²) >= 11 is 0. The average molecular weight is 943 g/mol. The van der Waals surface area contributed by atoms with Crippen LogP contribution in [0.15, 0.2) is 24.3 Å². The highest BCUT2D eigenvalue weighted by Gasteiger charge is 2.29. The second-order valence-corrected chi connectivity index (χ2v) is 15.4. The van der Waals surface area contributed by atoms with Crippen LogP contribution in [0.2, 0.25) is 0 Å². The van der Waals surface area contributed by atoms with Crippen molar-refractivity contribution in [2.45, 2.75) is 77.0 Å². The van der Waals surface area contributed by atoms with Gasteiger partial charge in [0.25, 0.3) is 0 Å². The maximum atomic E-state index is 13.2. The van der Waals surface area contributed by atoms with E-state index in [1.165, 1.54) is 56.9 Å². The van der Waals surface area contributed by atoms with Crippen LogP contribution in [0.4, 0.5) is 0 Å². The third-order valence-electron chi connectivity index (χ3n) is 11.6. The molecule has 20 heteroatoms. The lowest BCUT2D eigenvalue weighted by atomic mass is 9.95. The van der Waals surface area contributed by atoms with Gasteiger partial charge in [0.15, 0.2) is 0 Å². The fraction of sp³-hybridized carbons (Fsp3) is 0.417. The minimum absolute atomic E-state index is 0.0201. The van der Waals surface area contributed by atoms with Crippen molar-refractivity contribution in [3.05, 3.63) is 69.3 Å². The molecule has 2 N–H and O–H groups in total. The molecule has 0 aliphatic carbocycles. The smallest absolute Gasteiger partial charge is 0.310 e. The summed E-state index contributed by atoms with van der Waals surface area (Å²) in [6.45, 7) is 0. The molecule has 0 aromatic carbocycles. The highest BCUT2D eigenvalue weighted by Crippen LogP contribution is 2.41. The Morgan fingerprint density at radius 3 is 0.971 bits per heavy atom. The number of rotatable bonds is 20. The molecule has 68 heavy (non-hydrogen) atoms. The predicted octanol–water partition coefficient (Wildman–Crippen LogP) is 4.81. The summed E-state index contributed by atoms with van der Waals surface area (Å²) in [6.07, 6.45) is -1.52. The van der Waals surface area contributed by atoms with Crippen LogP contribution >= 0.6 is 0 Å². The van der Waals surface area contributed by atoms with Crippen LogP contribution in [0, 0.1) is 0 Å². The molecule has 0 saturated heterocycles. The molecule has 362 valence electrons. The van der Waals surface area contributed by atoms with Gasteiger partial charge in [-0.05, 0) is 94.5 Å².